The van der Waals surface area contributed by atoms with Crippen LogP contribution in [0.1, 0.15) is 56.7 Å². The molecule has 0 aromatic carbocycles. The van der Waals surface area contributed by atoms with Crippen molar-refractivity contribution in [3.05, 3.63) is 21.9 Å². The average Bonchev–Trinajstić information content (AvgIpc) is 2.81. The highest BCUT2D eigenvalue weighted by atomic mass is 32.2. The molecule has 0 N–H and O–H groups in total. The topological polar surface area (TPSA) is 55.5 Å². The first-order valence-electron chi connectivity index (χ1n) is 7.10. The second-order valence-electron chi connectivity index (χ2n) is 5.25. The maximum atomic E-state index is 11.1. The van der Waals surface area contributed by atoms with E-state index in [1.54, 1.807) is 0 Å². The number of fused-ring (bicyclic) bond motifs is 1. The number of rotatable bonds is 6. The summed E-state index contributed by atoms with van der Waals surface area (Å²) >= 11 is 1.97. The van der Waals surface area contributed by atoms with Crippen molar-refractivity contribution in [1.29, 1.82) is 0 Å². The summed E-state index contributed by atoms with van der Waals surface area (Å²) < 4.78 is 5.43. The van der Waals surface area contributed by atoms with Crippen LogP contribution < -0.4 is 0 Å². The molecule has 4 nitrogen and oxygen atoms in total. The van der Waals surface area contributed by atoms with Gasteiger partial charge in [-0.3, -0.25) is 0 Å². The minimum absolute atomic E-state index is 0.256. The number of hydrogen-bond acceptors (Lipinski definition) is 5. The summed E-state index contributed by atoms with van der Waals surface area (Å²) in [5.41, 5.74) is 1.89. The minimum atomic E-state index is -0.256. The second kappa shape index (κ2) is 6.55. The molecule has 0 aliphatic heterocycles. The predicted octanol–water partition coefficient (Wildman–Crippen LogP) is 4.14. The number of hydrogen-bond donors (Lipinski definition) is 0. The van der Waals surface area contributed by atoms with Gasteiger partial charge in [0.15, 0.2) is 0 Å². The van der Waals surface area contributed by atoms with Crippen LogP contribution in [0, 0.1) is 10.8 Å². The van der Waals surface area contributed by atoms with Gasteiger partial charge in [0.05, 0.1) is 5.69 Å². The molecule has 1 aromatic rings. The number of nitrogens with zero attached hydrogens (tertiary/aromatic N) is 2. The van der Waals surface area contributed by atoms with Crippen LogP contribution in [0.4, 0.5) is 0 Å². The number of thioether (sulfide) groups is 1. The van der Waals surface area contributed by atoms with Crippen LogP contribution in [0.3, 0.4) is 0 Å². The lowest BCUT2D eigenvalue weighted by atomic mass is 9.81. The van der Waals surface area contributed by atoms with Gasteiger partial charge in [0.2, 0.25) is 0 Å². The van der Waals surface area contributed by atoms with Crippen molar-refractivity contribution in [1.82, 2.24) is 5.16 Å². The summed E-state index contributed by atoms with van der Waals surface area (Å²) in [6.07, 6.45) is 3.67. The van der Waals surface area contributed by atoms with Crippen molar-refractivity contribution < 1.29 is 4.52 Å². The molecule has 3 atom stereocenters. The molecular formula is C14H22N2O2S. The molecule has 1 aliphatic rings. The molecule has 1 aromatic heterocycles. The maximum Gasteiger partial charge on any atom is 0.142 e. The van der Waals surface area contributed by atoms with Gasteiger partial charge in [-0.2, -0.15) is 16.7 Å². The molecule has 1 heterocycles. The number of aromatic nitrogens is 1. The zero-order valence-electron chi connectivity index (χ0n) is 11.9. The Kier molecular flexibility index (Phi) is 5.02. The van der Waals surface area contributed by atoms with Crippen molar-refractivity contribution in [2.75, 3.05) is 5.75 Å². The molecule has 0 fully saturated rings. The van der Waals surface area contributed by atoms with Gasteiger partial charge >= 0.3 is 0 Å². The van der Waals surface area contributed by atoms with E-state index in [0.29, 0.717) is 11.2 Å². The highest BCUT2D eigenvalue weighted by Crippen LogP contribution is 2.40. The van der Waals surface area contributed by atoms with Gasteiger partial charge < -0.3 is 4.52 Å². The lowest BCUT2D eigenvalue weighted by Crippen LogP contribution is -2.20. The van der Waals surface area contributed by atoms with E-state index in [1.807, 2.05) is 18.7 Å². The van der Waals surface area contributed by atoms with Gasteiger partial charge in [-0.15, -0.1) is 0 Å². The van der Waals surface area contributed by atoms with E-state index in [2.05, 4.69) is 24.2 Å². The molecule has 2 rings (SSSR count). The van der Waals surface area contributed by atoms with Gasteiger partial charge in [-0.05, 0) is 30.9 Å². The molecule has 0 saturated carbocycles. The molecule has 0 amide bonds. The zero-order chi connectivity index (χ0) is 13.8. The quantitative estimate of drug-likeness (QED) is 0.736. The Balaban J connectivity index is 2.11. The van der Waals surface area contributed by atoms with Crippen molar-refractivity contribution >= 4 is 11.8 Å². The van der Waals surface area contributed by atoms with Gasteiger partial charge in [0, 0.05) is 17.2 Å². The maximum absolute atomic E-state index is 11.1. The summed E-state index contributed by atoms with van der Waals surface area (Å²) in [5, 5.41) is 8.02. The van der Waals surface area contributed by atoms with Crippen LogP contribution in [0.25, 0.3) is 0 Å². The Labute approximate surface area is 118 Å². The Hall–Kier alpha value is -0.840. The van der Waals surface area contributed by atoms with Gasteiger partial charge in [-0.1, -0.05) is 31.1 Å². The first-order valence-corrected chi connectivity index (χ1v) is 8.15. The lowest BCUT2D eigenvalue weighted by Gasteiger charge is -2.26. The molecular weight excluding hydrogens is 260 g/mol. The Morgan fingerprint density at radius 2 is 2.32 bits per heavy atom. The summed E-state index contributed by atoms with van der Waals surface area (Å²) in [6, 6.07) is -0.256. The Morgan fingerprint density at radius 3 is 2.95 bits per heavy atom. The molecule has 0 saturated heterocycles. The van der Waals surface area contributed by atoms with E-state index in [4.69, 9.17) is 4.52 Å². The number of aryl methyl sites for hydroxylation is 1. The van der Waals surface area contributed by atoms with Gasteiger partial charge in [-0.25, -0.2) is 0 Å². The van der Waals surface area contributed by atoms with E-state index < -0.39 is 0 Å². The van der Waals surface area contributed by atoms with Crippen LogP contribution in [-0.4, -0.2) is 16.2 Å². The fourth-order valence-corrected chi connectivity index (χ4v) is 4.00. The molecule has 0 spiro atoms. The minimum Gasteiger partial charge on any atom is -0.361 e. The van der Waals surface area contributed by atoms with Gasteiger partial charge in [0.25, 0.3) is 0 Å². The Bertz CT molecular complexity index is 433. The van der Waals surface area contributed by atoms with Crippen LogP contribution in [-0.2, 0) is 12.8 Å². The second-order valence-corrected chi connectivity index (χ2v) is 6.96. The van der Waals surface area contributed by atoms with Crippen LogP contribution in [0.15, 0.2) is 9.70 Å². The summed E-state index contributed by atoms with van der Waals surface area (Å²) in [7, 11) is 0. The Morgan fingerprint density at radius 1 is 1.53 bits per heavy atom. The van der Waals surface area contributed by atoms with Crippen LogP contribution in [0.2, 0.25) is 0 Å². The average molecular weight is 282 g/mol. The summed E-state index contributed by atoms with van der Waals surface area (Å²) in [5.74, 6) is 2.52. The molecule has 3 unspecified atom stereocenters. The van der Waals surface area contributed by atoms with E-state index in [1.165, 1.54) is 0 Å². The third kappa shape index (κ3) is 3.19. The van der Waals surface area contributed by atoms with E-state index >= 15 is 0 Å². The molecule has 5 heteroatoms. The first-order chi connectivity index (χ1) is 9.19. The monoisotopic (exact) mass is 282 g/mol. The molecule has 19 heavy (non-hydrogen) atoms. The lowest BCUT2D eigenvalue weighted by molar-refractivity contribution is 0.310. The van der Waals surface area contributed by atoms with Crippen LogP contribution >= 0.6 is 11.8 Å². The van der Waals surface area contributed by atoms with E-state index in [9.17, 15) is 4.91 Å². The molecule has 0 bridgehead atoms. The third-order valence-electron chi connectivity index (χ3n) is 3.82. The third-order valence-corrected chi connectivity index (χ3v) is 4.91. The van der Waals surface area contributed by atoms with Crippen molar-refractivity contribution in [3.8, 4) is 0 Å². The van der Waals surface area contributed by atoms with Crippen molar-refractivity contribution in [2.45, 2.75) is 57.7 Å². The molecule has 1 aliphatic carbocycles. The summed E-state index contributed by atoms with van der Waals surface area (Å²) in [6.45, 7) is 6.47. The fourth-order valence-electron chi connectivity index (χ4n) is 3.03. The number of nitroso groups, excluding NO2 is 1. The van der Waals surface area contributed by atoms with Crippen molar-refractivity contribution in [2.24, 2.45) is 11.1 Å². The zero-order valence-corrected chi connectivity index (χ0v) is 12.7. The van der Waals surface area contributed by atoms with Gasteiger partial charge in [0.1, 0.15) is 11.8 Å². The molecule has 0 radical (unpaired) electrons. The normalized spacial score (nSPS) is 23.9. The predicted molar refractivity (Wildman–Crippen MR) is 78.4 cm³/mol. The van der Waals surface area contributed by atoms with E-state index in [-0.39, 0.29) is 6.04 Å². The SMILES string of the molecule is CCSC(C)CC1Cc2onc(CC)c2C(N=O)C1. The van der Waals surface area contributed by atoms with Crippen LogP contribution in [0.5, 0.6) is 0 Å². The van der Waals surface area contributed by atoms with Crippen molar-refractivity contribution in [3.63, 3.8) is 0 Å². The fraction of sp³-hybridized carbons (Fsp3) is 0.786. The molecule has 106 valence electrons. The first kappa shape index (κ1) is 14.6. The standard InChI is InChI=1S/C14H22N2O2S/c1-4-11-14-12(15-17)7-10(6-9(3)19-5-2)8-13(14)18-16-11/h9-10,12H,4-8H2,1-3H3. The smallest absolute Gasteiger partial charge is 0.142 e. The largest absolute Gasteiger partial charge is 0.361 e. The highest BCUT2D eigenvalue weighted by Gasteiger charge is 2.34. The van der Waals surface area contributed by atoms with E-state index in [0.717, 1.165) is 48.5 Å². The highest BCUT2D eigenvalue weighted by molar-refractivity contribution is 7.99. The summed E-state index contributed by atoms with van der Waals surface area (Å²) in [4.78, 5) is 11.1.